The number of likely N-dealkylation sites (tertiary alicyclic amines) is 1. The molecule has 0 aromatic heterocycles. The molecule has 2 heterocycles. The van der Waals surface area contributed by atoms with Gasteiger partial charge in [-0.2, -0.15) is 0 Å². The van der Waals surface area contributed by atoms with Gasteiger partial charge >= 0.3 is 0 Å². The Morgan fingerprint density at radius 1 is 1.25 bits per heavy atom. The third-order valence-corrected chi connectivity index (χ3v) is 5.01. The average molecular weight is 272 g/mol. The van der Waals surface area contributed by atoms with Crippen molar-refractivity contribution in [1.29, 1.82) is 0 Å². The predicted octanol–water partition coefficient (Wildman–Crippen LogP) is 2.32. The molecule has 0 saturated carbocycles. The van der Waals surface area contributed by atoms with Crippen molar-refractivity contribution in [2.75, 3.05) is 19.6 Å². The fourth-order valence-corrected chi connectivity index (χ4v) is 3.83. The van der Waals surface area contributed by atoms with Gasteiger partial charge in [-0.15, -0.1) is 0 Å². The molecule has 108 valence electrons. The standard InChI is InChI=1S/C17H24N2O/c1-3-12-5-7-13(8-6-12)17(20)19-11-14-9-18-10-15(14)16(19)4-2/h5-8,14-16,18H,3-4,9-11H2,1-2H3. The van der Waals surface area contributed by atoms with Crippen LogP contribution in [-0.4, -0.2) is 36.5 Å². The molecule has 3 unspecified atom stereocenters. The number of carbonyl (C=O) groups is 1. The Labute approximate surface area is 121 Å². The summed E-state index contributed by atoms with van der Waals surface area (Å²) in [6, 6.07) is 8.54. The highest BCUT2D eigenvalue weighted by molar-refractivity contribution is 5.94. The van der Waals surface area contributed by atoms with Crippen molar-refractivity contribution in [1.82, 2.24) is 10.2 Å². The smallest absolute Gasteiger partial charge is 0.254 e. The number of nitrogens with zero attached hydrogens (tertiary/aromatic N) is 1. The van der Waals surface area contributed by atoms with E-state index >= 15 is 0 Å². The lowest BCUT2D eigenvalue weighted by atomic mass is 9.93. The molecule has 3 heteroatoms. The first kappa shape index (κ1) is 13.6. The Balaban J connectivity index is 1.79. The number of carbonyl (C=O) groups excluding carboxylic acids is 1. The zero-order valence-electron chi connectivity index (χ0n) is 12.4. The average Bonchev–Trinajstić information content (AvgIpc) is 3.06. The van der Waals surface area contributed by atoms with Crippen molar-refractivity contribution in [3.8, 4) is 0 Å². The number of nitrogens with one attached hydrogen (secondary N) is 1. The van der Waals surface area contributed by atoms with Gasteiger partial charge in [0.25, 0.3) is 5.91 Å². The van der Waals surface area contributed by atoms with Crippen LogP contribution in [0.4, 0.5) is 0 Å². The molecule has 3 nitrogen and oxygen atoms in total. The van der Waals surface area contributed by atoms with Crippen LogP contribution in [0.5, 0.6) is 0 Å². The summed E-state index contributed by atoms with van der Waals surface area (Å²) in [7, 11) is 0. The SMILES string of the molecule is CCc1ccc(C(=O)N2CC3CNCC3C2CC)cc1. The molecule has 1 aromatic carbocycles. The van der Waals surface area contributed by atoms with E-state index in [4.69, 9.17) is 0 Å². The Kier molecular flexibility index (Phi) is 3.79. The van der Waals surface area contributed by atoms with E-state index in [0.717, 1.165) is 38.0 Å². The molecule has 0 bridgehead atoms. The van der Waals surface area contributed by atoms with Crippen LogP contribution in [0.3, 0.4) is 0 Å². The monoisotopic (exact) mass is 272 g/mol. The molecule has 20 heavy (non-hydrogen) atoms. The Hall–Kier alpha value is -1.35. The Bertz CT molecular complexity index is 482. The number of hydrogen-bond donors (Lipinski definition) is 1. The van der Waals surface area contributed by atoms with E-state index in [1.807, 2.05) is 12.1 Å². The number of amides is 1. The van der Waals surface area contributed by atoms with Crippen LogP contribution >= 0.6 is 0 Å². The van der Waals surface area contributed by atoms with Crippen LogP contribution in [0.2, 0.25) is 0 Å². The zero-order valence-corrected chi connectivity index (χ0v) is 12.4. The number of benzene rings is 1. The topological polar surface area (TPSA) is 32.3 Å². The van der Waals surface area contributed by atoms with Crippen molar-refractivity contribution in [3.05, 3.63) is 35.4 Å². The second-order valence-electron chi connectivity index (χ2n) is 6.07. The first-order valence-electron chi connectivity index (χ1n) is 7.85. The summed E-state index contributed by atoms with van der Waals surface area (Å²) in [5.74, 6) is 1.52. The molecule has 2 fully saturated rings. The van der Waals surface area contributed by atoms with Gasteiger partial charge in [0.2, 0.25) is 0 Å². The molecule has 2 aliphatic rings. The molecule has 1 N–H and O–H groups in total. The summed E-state index contributed by atoms with van der Waals surface area (Å²) >= 11 is 0. The van der Waals surface area contributed by atoms with E-state index in [1.165, 1.54) is 5.56 Å². The summed E-state index contributed by atoms with van der Waals surface area (Å²) in [5, 5.41) is 3.46. The molecule has 0 spiro atoms. The second-order valence-corrected chi connectivity index (χ2v) is 6.07. The molecule has 1 amide bonds. The van der Waals surface area contributed by atoms with Crippen LogP contribution in [-0.2, 0) is 6.42 Å². The van der Waals surface area contributed by atoms with Gasteiger partial charge in [-0.05, 0) is 42.4 Å². The van der Waals surface area contributed by atoms with Gasteiger partial charge < -0.3 is 10.2 Å². The first-order valence-corrected chi connectivity index (χ1v) is 7.85. The third-order valence-electron chi connectivity index (χ3n) is 5.01. The number of rotatable bonds is 3. The van der Waals surface area contributed by atoms with Crippen LogP contribution in [0.25, 0.3) is 0 Å². The van der Waals surface area contributed by atoms with E-state index < -0.39 is 0 Å². The van der Waals surface area contributed by atoms with Crippen LogP contribution in [0, 0.1) is 11.8 Å². The summed E-state index contributed by atoms with van der Waals surface area (Å²) in [4.78, 5) is 14.9. The summed E-state index contributed by atoms with van der Waals surface area (Å²) in [6.45, 7) is 7.40. The maximum Gasteiger partial charge on any atom is 0.254 e. The highest BCUT2D eigenvalue weighted by atomic mass is 16.2. The minimum Gasteiger partial charge on any atom is -0.335 e. The molecule has 3 atom stereocenters. The number of hydrogen-bond acceptors (Lipinski definition) is 2. The largest absolute Gasteiger partial charge is 0.335 e. The van der Waals surface area contributed by atoms with Gasteiger partial charge in [-0.3, -0.25) is 4.79 Å². The van der Waals surface area contributed by atoms with E-state index in [-0.39, 0.29) is 5.91 Å². The molecular formula is C17H24N2O. The molecule has 1 aromatic rings. The molecule has 2 aliphatic heterocycles. The quantitative estimate of drug-likeness (QED) is 0.916. The highest BCUT2D eigenvalue weighted by Crippen LogP contribution is 2.35. The van der Waals surface area contributed by atoms with E-state index in [9.17, 15) is 4.79 Å². The first-order chi connectivity index (χ1) is 9.74. The van der Waals surface area contributed by atoms with Crippen LogP contribution in [0.1, 0.15) is 36.2 Å². The van der Waals surface area contributed by atoms with Gasteiger partial charge in [0, 0.05) is 31.2 Å². The van der Waals surface area contributed by atoms with Crippen LogP contribution < -0.4 is 5.32 Å². The second kappa shape index (κ2) is 5.57. The lowest BCUT2D eigenvalue weighted by Gasteiger charge is -2.27. The molecule has 0 aliphatic carbocycles. The van der Waals surface area contributed by atoms with Crippen molar-refractivity contribution >= 4 is 5.91 Å². The third kappa shape index (κ3) is 2.24. The maximum absolute atomic E-state index is 12.8. The lowest BCUT2D eigenvalue weighted by molar-refractivity contribution is 0.0711. The molecule has 0 radical (unpaired) electrons. The fourth-order valence-electron chi connectivity index (χ4n) is 3.83. The van der Waals surface area contributed by atoms with E-state index in [2.05, 4.69) is 36.2 Å². The van der Waals surface area contributed by atoms with Gasteiger partial charge in [0.05, 0.1) is 0 Å². The summed E-state index contributed by atoms with van der Waals surface area (Å²) in [5.41, 5.74) is 2.13. The van der Waals surface area contributed by atoms with Crippen molar-refractivity contribution < 1.29 is 4.79 Å². The van der Waals surface area contributed by atoms with Gasteiger partial charge in [-0.25, -0.2) is 0 Å². The molecular weight excluding hydrogens is 248 g/mol. The Morgan fingerprint density at radius 2 is 2.00 bits per heavy atom. The lowest BCUT2D eigenvalue weighted by Crippen LogP contribution is -2.39. The predicted molar refractivity (Wildman–Crippen MR) is 80.8 cm³/mol. The van der Waals surface area contributed by atoms with E-state index in [0.29, 0.717) is 17.9 Å². The molecule has 3 rings (SSSR count). The maximum atomic E-state index is 12.8. The summed E-state index contributed by atoms with van der Waals surface area (Å²) in [6.07, 6.45) is 2.08. The number of fused-ring (bicyclic) bond motifs is 1. The minimum atomic E-state index is 0.217. The highest BCUT2D eigenvalue weighted by Gasteiger charge is 2.45. The van der Waals surface area contributed by atoms with Crippen molar-refractivity contribution in [2.24, 2.45) is 11.8 Å². The number of aryl methyl sites for hydroxylation is 1. The zero-order chi connectivity index (χ0) is 14.1. The fraction of sp³-hybridized carbons (Fsp3) is 0.588. The van der Waals surface area contributed by atoms with Gasteiger partial charge in [-0.1, -0.05) is 26.0 Å². The van der Waals surface area contributed by atoms with E-state index in [1.54, 1.807) is 0 Å². The molecule has 2 saturated heterocycles. The van der Waals surface area contributed by atoms with Crippen molar-refractivity contribution in [3.63, 3.8) is 0 Å². The van der Waals surface area contributed by atoms with Crippen molar-refractivity contribution in [2.45, 2.75) is 32.7 Å². The summed E-state index contributed by atoms with van der Waals surface area (Å²) < 4.78 is 0. The van der Waals surface area contributed by atoms with Gasteiger partial charge in [0.1, 0.15) is 0 Å². The Morgan fingerprint density at radius 3 is 2.65 bits per heavy atom. The minimum absolute atomic E-state index is 0.217. The van der Waals surface area contributed by atoms with Gasteiger partial charge in [0.15, 0.2) is 0 Å². The van der Waals surface area contributed by atoms with Crippen LogP contribution in [0.15, 0.2) is 24.3 Å². The normalized spacial score (nSPS) is 28.7.